The lowest BCUT2D eigenvalue weighted by atomic mass is 9.77. The summed E-state index contributed by atoms with van der Waals surface area (Å²) in [5.74, 6) is 1.08. The van der Waals surface area contributed by atoms with Gasteiger partial charge in [0, 0.05) is 44.9 Å². The molecule has 0 N–H and O–H groups in total. The molecular formula is C27H36N2O3. The van der Waals surface area contributed by atoms with Crippen LogP contribution in [0.15, 0.2) is 60.7 Å². The molecule has 3 rings (SSSR count). The molecule has 1 fully saturated rings. The van der Waals surface area contributed by atoms with Crippen LogP contribution in [0.1, 0.15) is 51.0 Å². The number of piperidine rings is 1. The number of nitrogens with zero attached hydrogens (tertiary/aromatic N) is 2. The molecule has 1 atom stereocenters. The summed E-state index contributed by atoms with van der Waals surface area (Å²) in [6, 6.07) is 19.7. The number of hydrogen-bond donors (Lipinski definition) is 0. The van der Waals surface area contributed by atoms with Crippen LogP contribution in [0.25, 0.3) is 0 Å². The summed E-state index contributed by atoms with van der Waals surface area (Å²) in [5, 5.41) is 0. The number of rotatable bonds is 10. The minimum absolute atomic E-state index is 0.0911. The van der Waals surface area contributed by atoms with Gasteiger partial charge >= 0.3 is 0 Å². The Morgan fingerprint density at radius 1 is 1.06 bits per heavy atom. The van der Waals surface area contributed by atoms with Gasteiger partial charge in [0.1, 0.15) is 5.75 Å². The topological polar surface area (TPSA) is 49.9 Å². The van der Waals surface area contributed by atoms with Gasteiger partial charge in [-0.1, -0.05) is 61.9 Å². The SMILES string of the molecule is CCCCC(=O)N1CCC[C@@](COc2ccccc2)(CC(=O)N(C)Cc2ccccc2)C1. The van der Waals surface area contributed by atoms with E-state index in [4.69, 9.17) is 4.74 Å². The molecule has 0 aliphatic carbocycles. The van der Waals surface area contributed by atoms with Crippen molar-refractivity contribution in [1.82, 2.24) is 9.80 Å². The largest absolute Gasteiger partial charge is 0.493 e. The van der Waals surface area contributed by atoms with Crippen molar-refractivity contribution in [2.24, 2.45) is 5.41 Å². The number of benzene rings is 2. The fourth-order valence-electron chi connectivity index (χ4n) is 4.37. The van der Waals surface area contributed by atoms with Crippen LogP contribution >= 0.6 is 0 Å². The molecule has 1 aliphatic rings. The van der Waals surface area contributed by atoms with Gasteiger partial charge in [-0.2, -0.15) is 0 Å². The lowest BCUT2D eigenvalue weighted by molar-refractivity contribution is -0.141. The van der Waals surface area contributed by atoms with Crippen molar-refractivity contribution < 1.29 is 14.3 Å². The van der Waals surface area contributed by atoms with Crippen molar-refractivity contribution >= 4 is 11.8 Å². The Hall–Kier alpha value is -2.82. The Kier molecular flexibility index (Phi) is 8.72. The Balaban J connectivity index is 1.72. The molecule has 0 unspecified atom stereocenters. The Labute approximate surface area is 192 Å². The first-order valence-electron chi connectivity index (χ1n) is 11.7. The van der Waals surface area contributed by atoms with E-state index in [-0.39, 0.29) is 17.2 Å². The van der Waals surface area contributed by atoms with E-state index in [1.165, 1.54) is 0 Å². The van der Waals surface area contributed by atoms with E-state index in [1.807, 2.05) is 72.6 Å². The second kappa shape index (κ2) is 11.7. The monoisotopic (exact) mass is 436 g/mol. The molecule has 1 heterocycles. The van der Waals surface area contributed by atoms with E-state index in [0.29, 0.717) is 32.5 Å². The first-order chi connectivity index (χ1) is 15.5. The zero-order valence-electron chi connectivity index (χ0n) is 19.5. The normalized spacial score (nSPS) is 18.2. The first kappa shape index (κ1) is 23.8. The number of hydrogen-bond acceptors (Lipinski definition) is 3. The summed E-state index contributed by atoms with van der Waals surface area (Å²) in [6.45, 7) is 4.45. The molecule has 5 heteroatoms. The standard InChI is InChI=1S/C27H36N2O3/c1-3-4-16-25(30)29-18-11-17-27(21-29,22-32-24-14-9-6-10-15-24)19-26(31)28(2)20-23-12-7-5-8-13-23/h5-10,12-15H,3-4,11,16-22H2,1-2H3/t27-/m1/s1. The molecule has 1 aliphatic heterocycles. The van der Waals surface area contributed by atoms with Gasteiger partial charge in [-0.25, -0.2) is 0 Å². The van der Waals surface area contributed by atoms with Crippen molar-refractivity contribution in [2.75, 3.05) is 26.7 Å². The van der Waals surface area contributed by atoms with Crippen LogP contribution in [0, 0.1) is 5.41 Å². The number of para-hydroxylation sites is 1. The van der Waals surface area contributed by atoms with E-state index in [1.54, 1.807) is 4.90 Å². The van der Waals surface area contributed by atoms with Crippen LogP contribution in [0.3, 0.4) is 0 Å². The molecule has 2 aromatic rings. The Morgan fingerprint density at radius 3 is 2.44 bits per heavy atom. The maximum Gasteiger partial charge on any atom is 0.223 e. The summed E-state index contributed by atoms with van der Waals surface area (Å²) < 4.78 is 6.15. The van der Waals surface area contributed by atoms with Crippen molar-refractivity contribution in [3.8, 4) is 5.75 Å². The fraction of sp³-hybridized carbons (Fsp3) is 0.481. The van der Waals surface area contributed by atoms with E-state index < -0.39 is 0 Å². The molecule has 0 spiro atoms. The lowest BCUT2D eigenvalue weighted by Gasteiger charge is -2.43. The Bertz CT molecular complexity index is 856. The van der Waals surface area contributed by atoms with Gasteiger partial charge in [0.2, 0.25) is 11.8 Å². The molecular weight excluding hydrogens is 400 g/mol. The highest BCUT2D eigenvalue weighted by Crippen LogP contribution is 2.35. The van der Waals surface area contributed by atoms with Gasteiger partial charge in [0.25, 0.3) is 0 Å². The van der Waals surface area contributed by atoms with Crippen LogP contribution < -0.4 is 4.74 Å². The minimum Gasteiger partial charge on any atom is -0.493 e. The molecule has 32 heavy (non-hydrogen) atoms. The zero-order chi connectivity index (χ0) is 22.8. The molecule has 2 aromatic carbocycles. The maximum atomic E-state index is 13.2. The third kappa shape index (κ3) is 6.84. The van der Waals surface area contributed by atoms with E-state index in [2.05, 4.69) is 6.92 Å². The molecule has 0 bridgehead atoms. The number of likely N-dealkylation sites (tertiary alicyclic amines) is 1. The van der Waals surface area contributed by atoms with E-state index >= 15 is 0 Å². The van der Waals surface area contributed by atoms with Crippen molar-refractivity contribution in [3.05, 3.63) is 66.2 Å². The highest BCUT2D eigenvalue weighted by Gasteiger charge is 2.40. The van der Waals surface area contributed by atoms with Gasteiger partial charge in [-0.3, -0.25) is 9.59 Å². The van der Waals surface area contributed by atoms with Crippen LogP contribution in [0.2, 0.25) is 0 Å². The van der Waals surface area contributed by atoms with Gasteiger partial charge in [0.05, 0.1) is 6.61 Å². The number of carbonyl (C=O) groups is 2. The van der Waals surface area contributed by atoms with Gasteiger partial charge in [-0.15, -0.1) is 0 Å². The molecule has 1 saturated heterocycles. The number of carbonyl (C=O) groups excluding carboxylic acids is 2. The first-order valence-corrected chi connectivity index (χ1v) is 11.7. The van der Waals surface area contributed by atoms with Gasteiger partial charge in [0.15, 0.2) is 0 Å². The summed E-state index contributed by atoms with van der Waals surface area (Å²) in [6.07, 6.45) is 4.63. The molecule has 0 aromatic heterocycles. The summed E-state index contributed by atoms with van der Waals surface area (Å²) in [5.41, 5.74) is 0.732. The fourth-order valence-corrected chi connectivity index (χ4v) is 4.37. The average Bonchev–Trinajstić information content (AvgIpc) is 2.82. The maximum absolute atomic E-state index is 13.2. The number of ether oxygens (including phenoxy) is 1. The zero-order valence-corrected chi connectivity index (χ0v) is 19.5. The molecule has 172 valence electrons. The predicted molar refractivity (Wildman–Crippen MR) is 127 cm³/mol. The van der Waals surface area contributed by atoms with Crippen LogP contribution in [-0.2, 0) is 16.1 Å². The molecule has 0 saturated carbocycles. The van der Waals surface area contributed by atoms with Crippen LogP contribution in [0.5, 0.6) is 5.75 Å². The van der Waals surface area contributed by atoms with Crippen LogP contribution in [0.4, 0.5) is 0 Å². The minimum atomic E-state index is -0.377. The van der Waals surface area contributed by atoms with E-state index in [9.17, 15) is 9.59 Å². The summed E-state index contributed by atoms with van der Waals surface area (Å²) in [4.78, 5) is 29.8. The quantitative estimate of drug-likeness (QED) is 0.532. The molecule has 0 radical (unpaired) electrons. The highest BCUT2D eigenvalue weighted by molar-refractivity contribution is 5.78. The third-order valence-electron chi connectivity index (χ3n) is 6.26. The number of amides is 2. The third-order valence-corrected chi connectivity index (χ3v) is 6.26. The van der Waals surface area contributed by atoms with Crippen LogP contribution in [-0.4, -0.2) is 48.4 Å². The summed E-state index contributed by atoms with van der Waals surface area (Å²) in [7, 11) is 1.86. The van der Waals surface area contributed by atoms with Crippen molar-refractivity contribution in [1.29, 1.82) is 0 Å². The molecule has 5 nitrogen and oxygen atoms in total. The van der Waals surface area contributed by atoms with Gasteiger partial charge in [-0.05, 0) is 37.0 Å². The predicted octanol–water partition coefficient (Wildman–Crippen LogP) is 4.91. The summed E-state index contributed by atoms with van der Waals surface area (Å²) >= 11 is 0. The highest BCUT2D eigenvalue weighted by atomic mass is 16.5. The van der Waals surface area contributed by atoms with Gasteiger partial charge < -0.3 is 14.5 Å². The lowest BCUT2D eigenvalue weighted by Crippen LogP contribution is -2.50. The van der Waals surface area contributed by atoms with Crippen molar-refractivity contribution in [3.63, 3.8) is 0 Å². The molecule has 2 amide bonds. The second-order valence-electron chi connectivity index (χ2n) is 9.04. The number of unbranched alkanes of at least 4 members (excludes halogenated alkanes) is 1. The van der Waals surface area contributed by atoms with E-state index in [0.717, 1.165) is 43.5 Å². The Morgan fingerprint density at radius 2 is 1.75 bits per heavy atom. The second-order valence-corrected chi connectivity index (χ2v) is 9.04. The average molecular weight is 437 g/mol. The van der Waals surface area contributed by atoms with Crippen molar-refractivity contribution in [2.45, 2.75) is 52.0 Å². The smallest absolute Gasteiger partial charge is 0.223 e.